The molecule has 2 fully saturated rings. The average Bonchev–Trinajstić information content (AvgIpc) is 2.72. The first-order valence-electron chi connectivity index (χ1n) is 6.60. The van der Waals surface area contributed by atoms with E-state index < -0.39 is 22.4 Å². The van der Waals surface area contributed by atoms with Gasteiger partial charge in [-0.1, -0.05) is 0 Å². The van der Waals surface area contributed by atoms with Crippen molar-refractivity contribution in [2.45, 2.75) is 18.4 Å². The highest BCUT2D eigenvalue weighted by atomic mass is 79.9. The van der Waals surface area contributed by atoms with Gasteiger partial charge in [-0.2, -0.15) is 0 Å². The number of pyridine rings is 1. The van der Waals surface area contributed by atoms with Crippen LogP contribution in [-0.4, -0.2) is 40.5 Å². The Morgan fingerprint density at radius 2 is 2.23 bits per heavy atom. The predicted molar refractivity (Wildman–Crippen MR) is 79.4 cm³/mol. The van der Waals surface area contributed by atoms with E-state index in [0.717, 1.165) is 0 Å². The summed E-state index contributed by atoms with van der Waals surface area (Å²) < 4.78 is 0.501. The van der Waals surface area contributed by atoms with Gasteiger partial charge in [-0.3, -0.25) is 20.2 Å². The SMILES string of the molecule is O=C1NC(=O)C2(CCCN(c3ncc(Br)cc3[N+](=O)[O-])C2)N1. The molecule has 0 aromatic carbocycles. The van der Waals surface area contributed by atoms with E-state index in [2.05, 4.69) is 31.5 Å². The van der Waals surface area contributed by atoms with E-state index in [-0.39, 0.29) is 18.1 Å². The third-order valence-corrected chi connectivity index (χ3v) is 4.25. The van der Waals surface area contributed by atoms with Crippen molar-refractivity contribution in [3.63, 3.8) is 0 Å². The Kier molecular flexibility index (Phi) is 3.47. The molecule has 3 heterocycles. The van der Waals surface area contributed by atoms with Crippen LogP contribution in [0.25, 0.3) is 0 Å². The number of carbonyl (C=O) groups excluding carboxylic acids is 2. The van der Waals surface area contributed by atoms with Crippen molar-refractivity contribution < 1.29 is 14.5 Å². The van der Waals surface area contributed by atoms with Crippen molar-refractivity contribution in [1.29, 1.82) is 0 Å². The smallest absolute Gasteiger partial charge is 0.322 e. The van der Waals surface area contributed by atoms with E-state index in [1.54, 1.807) is 4.90 Å². The van der Waals surface area contributed by atoms with Crippen LogP contribution in [0.5, 0.6) is 0 Å². The second-order valence-electron chi connectivity index (χ2n) is 5.27. The van der Waals surface area contributed by atoms with Crippen molar-refractivity contribution >= 4 is 39.4 Å². The first kappa shape index (κ1) is 14.7. The summed E-state index contributed by atoms with van der Waals surface area (Å²) in [6.45, 7) is 0.681. The van der Waals surface area contributed by atoms with E-state index in [4.69, 9.17) is 0 Å². The van der Waals surface area contributed by atoms with Gasteiger partial charge < -0.3 is 10.2 Å². The molecule has 9 nitrogen and oxygen atoms in total. The largest absolute Gasteiger partial charge is 0.348 e. The van der Waals surface area contributed by atoms with Gasteiger partial charge in [0.2, 0.25) is 5.82 Å². The third kappa shape index (κ3) is 2.39. The monoisotopic (exact) mass is 369 g/mol. The van der Waals surface area contributed by atoms with Crippen molar-refractivity contribution in [1.82, 2.24) is 15.6 Å². The maximum absolute atomic E-state index is 12.0. The van der Waals surface area contributed by atoms with Crippen molar-refractivity contribution in [2.75, 3.05) is 18.0 Å². The number of nitrogens with one attached hydrogen (secondary N) is 2. The summed E-state index contributed by atoms with van der Waals surface area (Å²) in [6.07, 6.45) is 2.57. The maximum atomic E-state index is 12.0. The number of nitrogens with zero attached hydrogens (tertiary/aromatic N) is 3. The third-order valence-electron chi connectivity index (χ3n) is 3.82. The minimum absolute atomic E-state index is 0.142. The van der Waals surface area contributed by atoms with Crippen LogP contribution in [0.3, 0.4) is 0 Å². The lowest BCUT2D eigenvalue weighted by molar-refractivity contribution is -0.384. The van der Waals surface area contributed by atoms with Gasteiger partial charge in [-0.25, -0.2) is 9.78 Å². The Bertz CT molecular complexity index is 681. The van der Waals surface area contributed by atoms with Gasteiger partial charge in [-0.15, -0.1) is 0 Å². The molecule has 0 radical (unpaired) electrons. The number of halogens is 1. The summed E-state index contributed by atoms with van der Waals surface area (Å²) in [5.74, 6) is -0.205. The Morgan fingerprint density at radius 3 is 2.86 bits per heavy atom. The zero-order valence-corrected chi connectivity index (χ0v) is 12.9. The molecular weight excluding hydrogens is 358 g/mol. The second-order valence-corrected chi connectivity index (χ2v) is 6.18. The van der Waals surface area contributed by atoms with Crippen LogP contribution < -0.4 is 15.5 Å². The predicted octanol–water partition coefficient (Wildman–Crippen LogP) is 0.931. The zero-order valence-electron chi connectivity index (χ0n) is 11.3. The van der Waals surface area contributed by atoms with E-state index >= 15 is 0 Å². The van der Waals surface area contributed by atoms with Crippen LogP contribution in [0.4, 0.5) is 16.3 Å². The number of hydrogen-bond acceptors (Lipinski definition) is 6. The molecule has 1 unspecified atom stereocenters. The molecule has 2 aliphatic heterocycles. The number of rotatable bonds is 2. The second kappa shape index (κ2) is 5.20. The molecule has 0 aliphatic carbocycles. The fourth-order valence-electron chi connectivity index (χ4n) is 2.85. The van der Waals surface area contributed by atoms with E-state index in [0.29, 0.717) is 23.9 Å². The molecule has 2 saturated heterocycles. The summed E-state index contributed by atoms with van der Waals surface area (Å²) in [6, 6.07) is 0.835. The van der Waals surface area contributed by atoms with Gasteiger partial charge in [0, 0.05) is 23.3 Å². The summed E-state index contributed by atoms with van der Waals surface area (Å²) >= 11 is 3.16. The van der Waals surface area contributed by atoms with E-state index in [9.17, 15) is 19.7 Å². The quantitative estimate of drug-likeness (QED) is 0.454. The summed E-state index contributed by atoms with van der Waals surface area (Å²) in [7, 11) is 0. The standard InChI is InChI=1S/C12H12BrN5O4/c13-7-4-8(18(21)22)9(14-5-7)17-3-1-2-12(6-17)10(19)15-11(20)16-12/h4-5H,1-3,6H2,(H2,15,16,19,20). The lowest BCUT2D eigenvalue weighted by Crippen LogP contribution is -2.58. The van der Waals surface area contributed by atoms with Gasteiger partial charge >= 0.3 is 11.7 Å². The van der Waals surface area contributed by atoms with E-state index in [1.165, 1.54) is 12.3 Å². The number of carbonyl (C=O) groups is 2. The first-order chi connectivity index (χ1) is 10.4. The molecule has 1 aromatic rings. The number of aromatic nitrogens is 1. The number of nitro groups is 1. The summed E-state index contributed by atoms with van der Waals surface area (Å²) in [5, 5.41) is 16.1. The lowest BCUT2D eigenvalue weighted by Gasteiger charge is -2.38. The van der Waals surface area contributed by atoms with Crippen LogP contribution in [-0.2, 0) is 4.79 Å². The molecule has 2 N–H and O–H groups in total. The molecule has 1 aromatic heterocycles. The van der Waals surface area contributed by atoms with Gasteiger partial charge in [0.05, 0.1) is 11.5 Å². The number of piperidine rings is 1. The van der Waals surface area contributed by atoms with Crippen molar-refractivity contribution in [3.05, 3.63) is 26.9 Å². The lowest BCUT2D eigenvalue weighted by atomic mass is 9.89. The molecule has 3 rings (SSSR count). The highest BCUT2D eigenvalue weighted by Gasteiger charge is 2.49. The number of hydrogen-bond donors (Lipinski definition) is 2. The van der Waals surface area contributed by atoms with Crippen molar-refractivity contribution in [3.8, 4) is 0 Å². The average molecular weight is 370 g/mol. The number of anilines is 1. The Labute approximate surface area is 133 Å². The van der Waals surface area contributed by atoms with Crippen molar-refractivity contribution in [2.24, 2.45) is 0 Å². The van der Waals surface area contributed by atoms with Crippen LogP contribution >= 0.6 is 15.9 Å². The fourth-order valence-corrected chi connectivity index (χ4v) is 3.17. The molecule has 1 spiro atoms. The number of amides is 3. The van der Waals surface area contributed by atoms with Gasteiger partial charge in [0.15, 0.2) is 0 Å². The van der Waals surface area contributed by atoms with Crippen LogP contribution in [0.15, 0.2) is 16.7 Å². The fraction of sp³-hybridized carbons (Fsp3) is 0.417. The molecule has 2 aliphatic rings. The molecule has 3 amide bonds. The molecule has 0 bridgehead atoms. The molecule has 22 heavy (non-hydrogen) atoms. The van der Waals surface area contributed by atoms with E-state index in [1.807, 2.05) is 0 Å². The molecular formula is C12H12BrN5O4. The zero-order chi connectivity index (χ0) is 15.9. The highest BCUT2D eigenvalue weighted by Crippen LogP contribution is 2.33. The number of imide groups is 1. The van der Waals surface area contributed by atoms with Crippen LogP contribution in [0.1, 0.15) is 12.8 Å². The molecule has 1 atom stereocenters. The van der Waals surface area contributed by atoms with Crippen LogP contribution in [0, 0.1) is 10.1 Å². The maximum Gasteiger partial charge on any atom is 0.322 e. The first-order valence-corrected chi connectivity index (χ1v) is 7.39. The summed E-state index contributed by atoms with van der Waals surface area (Å²) in [4.78, 5) is 39.9. The Balaban J connectivity index is 1.95. The Morgan fingerprint density at radius 1 is 1.45 bits per heavy atom. The highest BCUT2D eigenvalue weighted by molar-refractivity contribution is 9.10. The summed E-state index contributed by atoms with van der Waals surface area (Å²) in [5.41, 5.74) is -1.19. The molecule has 0 saturated carbocycles. The van der Waals surface area contributed by atoms with Gasteiger partial charge in [0.1, 0.15) is 5.54 Å². The molecule has 116 valence electrons. The minimum atomic E-state index is -1.04. The van der Waals surface area contributed by atoms with Crippen LogP contribution in [0.2, 0.25) is 0 Å². The van der Waals surface area contributed by atoms with Gasteiger partial charge in [0.25, 0.3) is 5.91 Å². The topological polar surface area (TPSA) is 117 Å². The molecule has 10 heteroatoms. The van der Waals surface area contributed by atoms with Gasteiger partial charge in [-0.05, 0) is 28.8 Å². The Hall–Kier alpha value is -2.23. The normalized spacial score (nSPS) is 24.3. The number of urea groups is 1. The minimum Gasteiger partial charge on any atom is -0.348 e.